The molecular weight excluding hydrogens is 222 g/mol. The van der Waals surface area contributed by atoms with Gasteiger partial charge in [-0.15, -0.1) is 0 Å². The summed E-state index contributed by atoms with van der Waals surface area (Å²) < 4.78 is 5.86. The van der Waals surface area contributed by atoms with Crippen molar-refractivity contribution < 1.29 is 4.74 Å². The van der Waals surface area contributed by atoms with E-state index in [1.165, 1.54) is 24.8 Å². The van der Waals surface area contributed by atoms with Crippen molar-refractivity contribution in [1.29, 1.82) is 0 Å². The van der Waals surface area contributed by atoms with Gasteiger partial charge in [-0.25, -0.2) is 0 Å². The Morgan fingerprint density at radius 1 is 1.11 bits per heavy atom. The van der Waals surface area contributed by atoms with Crippen LogP contribution >= 0.6 is 0 Å². The first-order valence-electron chi connectivity index (χ1n) is 7.24. The zero-order valence-electron chi connectivity index (χ0n) is 12.0. The number of ether oxygens (including phenoxy) is 1. The minimum Gasteiger partial charge on any atom is -0.493 e. The van der Waals surface area contributed by atoms with Crippen LogP contribution in [-0.4, -0.2) is 13.2 Å². The molecule has 102 valence electrons. The fraction of sp³-hybridized carbons (Fsp3) is 0.625. The van der Waals surface area contributed by atoms with Crippen LogP contribution < -0.4 is 10.1 Å². The van der Waals surface area contributed by atoms with Crippen LogP contribution in [0.25, 0.3) is 0 Å². The maximum atomic E-state index is 5.86. The number of hydrogen-bond donors (Lipinski definition) is 1. The minimum atomic E-state index is 0.356. The molecule has 18 heavy (non-hydrogen) atoms. The zero-order valence-corrected chi connectivity index (χ0v) is 12.0. The molecule has 0 saturated carbocycles. The van der Waals surface area contributed by atoms with E-state index in [2.05, 4.69) is 44.3 Å². The first-order valence-corrected chi connectivity index (χ1v) is 7.24. The molecule has 1 aromatic carbocycles. The summed E-state index contributed by atoms with van der Waals surface area (Å²) >= 11 is 0. The van der Waals surface area contributed by atoms with Gasteiger partial charge in [-0.3, -0.25) is 0 Å². The monoisotopic (exact) mass is 249 g/mol. The molecule has 1 N–H and O–H groups in total. The van der Waals surface area contributed by atoms with Crippen LogP contribution in [0.1, 0.15) is 58.1 Å². The number of rotatable bonds is 9. The SMILES string of the molecule is CCCCNC(C)c1ccccc1OCCCC. The third-order valence-electron chi connectivity index (χ3n) is 3.12. The summed E-state index contributed by atoms with van der Waals surface area (Å²) in [7, 11) is 0. The smallest absolute Gasteiger partial charge is 0.124 e. The highest BCUT2D eigenvalue weighted by Gasteiger charge is 2.10. The lowest BCUT2D eigenvalue weighted by atomic mass is 10.1. The third-order valence-corrected chi connectivity index (χ3v) is 3.12. The Labute approximate surface area is 112 Å². The highest BCUT2D eigenvalue weighted by atomic mass is 16.5. The van der Waals surface area contributed by atoms with Crippen LogP contribution in [0.15, 0.2) is 24.3 Å². The van der Waals surface area contributed by atoms with E-state index in [-0.39, 0.29) is 0 Å². The molecule has 0 saturated heterocycles. The molecule has 0 radical (unpaired) electrons. The van der Waals surface area contributed by atoms with Crippen molar-refractivity contribution in [2.24, 2.45) is 0 Å². The normalized spacial score (nSPS) is 12.4. The van der Waals surface area contributed by atoms with Gasteiger partial charge < -0.3 is 10.1 Å². The van der Waals surface area contributed by atoms with E-state index < -0.39 is 0 Å². The van der Waals surface area contributed by atoms with Gasteiger partial charge in [0.15, 0.2) is 0 Å². The second-order valence-corrected chi connectivity index (χ2v) is 4.77. The molecule has 1 aromatic rings. The van der Waals surface area contributed by atoms with Gasteiger partial charge in [0.05, 0.1) is 6.61 Å². The quantitative estimate of drug-likeness (QED) is 0.658. The van der Waals surface area contributed by atoms with Crippen LogP contribution in [0.5, 0.6) is 5.75 Å². The minimum absolute atomic E-state index is 0.356. The summed E-state index contributed by atoms with van der Waals surface area (Å²) in [6.45, 7) is 8.49. The second kappa shape index (κ2) is 8.98. The van der Waals surface area contributed by atoms with Gasteiger partial charge >= 0.3 is 0 Å². The summed E-state index contributed by atoms with van der Waals surface area (Å²) in [5, 5.41) is 3.55. The summed E-state index contributed by atoms with van der Waals surface area (Å²) in [5.74, 6) is 1.03. The Morgan fingerprint density at radius 2 is 1.83 bits per heavy atom. The van der Waals surface area contributed by atoms with Crippen molar-refractivity contribution in [3.05, 3.63) is 29.8 Å². The van der Waals surface area contributed by atoms with Crippen molar-refractivity contribution in [1.82, 2.24) is 5.32 Å². The molecule has 1 rings (SSSR count). The largest absolute Gasteiger partial charge is 0.493 e. The van der Waals surface area contributed by atoms with E-state index in [1.54, 1.807) is 0 Å². The van der Waals surface area contributed by atoms with Gasteiger partial charge in [0.25, 0.3) is 0 Å². The van der Waals surface area contributed by atoms with Gasteiger partial charge in [-0.1, -0.05) is 44.9 Å². The zero-order chi connectivity index (χ0) is 13.2. The Kier molecular flexibility index (Phi) is 7.51. The Balaban J connectivity index is 2.56. The topological polar surface area (TPSA) is 21.3 Å². The average Bonchev–Trinajstić information content (AvgIpc) is 2.40. The fourth-order valence-corrected chi connectivity index (χ4v) is 1.90. The molecule has 0 aromatic heterocycles. The molecule has 0 aliphatic heterocycles. The molecule has 0 bridgehead atoms. The molecule has 0 heterocycles. The lowest BCUT2D eigenvalue weighted by Crippen LogP contribution is -2.20. The molecule has 0 aliphatic rings. The van der Waals surface area contributed by atoms with E-state index in [4.69, 9.17) is 4.74 Å². The summed E-state index contributed by atoms with van der Waals surface area (Å²) in [6.07, 6.45) is 4.75. The van der Waals surface area contributed by atoms with Crippen molar-refractivity contribution in [2.75, 3.05) is 13.2 Å². The summed E-state index contributed by atoms with van der Waals surface area (Å²) in [4.78, 5) is 0. The molecule has 0 spiro atoms. The van der Waals surface area contributed by atoms with Crippen LogP contribution in [0.2, 0.25) is 0 Å². The van der Waals surface area contributed by atoms with Gasteiger partial charge in [0.1, 0.15) is 5.75 Å². The lowest BCUT2D eigenvalue weighted by molar-refractivity contribution is 0.303. The standard InChI is InChI=1S/C16H27NO/c1-4-6-12-17-14(3)15-10-8-9-11-16(15)18-13-7-5-2/h8-11,14,17H,4-7,12-13H2,1-3H3. The van der Waals surface area contributed by atoms with Gasteiger partial charge in [0, 0.05) is 11.6 Å². The van der Waals surface area contributed by atoms with Gasteiger partial charge in [0.2, 0.25) is 0 Å². The van der Waals surface area contributed by atoms with E-state index in [0.717, 1.165) is 25.3 Å². The molecule has 1 atom stereocenters. The second-order valence-electron chi connectivity index (χ2n) is 4.77. The molecule has 0 aliphatic carbocycles. The van der Waals surface area contributed by atoms with E-state index in [0.29, 0.717) is 6.04 Å². The van der Waals surface area contributed by atoms with Crippen molar-refractivity contribution in [3.8, 4) is 5.75 Å². The predicted molar refractivity (Wildman–Crippen MR) is 78.2 cm³/mol. The number of para-hydroxylation sites is 1. The molecule has 1 unspecified atom stereocenters. The van der Waals surface area contributed by atoms with Crippen molar-refractivity contribution in [3.63, 3.8) is 0 Å². The highest BCUT2D eigenvalue weighted by molar-refractivity contribution is 5.35. The van der Waals surface area contributed by atoms with Crippen molar-refractivity contribution in [2.45, 2.75) is 52.5 Å². The van der Waals surface area contributed by atoms with Gasteiger partial charge in [-0.2, -0.15) is 0 Å². The molecular formula is C16H27NO. The number of nitrogens with one attached hydrogen (secondary N) is 1. The molecule has 2 nitrogen and oxygen atoms in total. The number of unbranched alkanes of at least 4 members (excludes halogenated alkanes) is 2. The van der Waals surface area contributed by atoms with Crippen LogP contribution in [-0.2, 0) is 0 Å². The van der Waals surface area contributed by atoms with E-state index in [9.17, 15) is 0 Å². The Bertz CT molecular complexity index is 325. The molecule has 2 heteroatoms. The highest BCUT2D eigenvalue weighted by Crippen LogP contribution is 2.24. The maximum Gasteiger partial charge on any atom is 0.124 e. The molecule has 0 amide bonds. The Morgan fingerprint density at radius 3 is 2.56 bits per heavy atom. The fourth-order valence-electron chi connectivity index (χ4n) is 1.90. The summed E-state index contributed by atoms with van der Waals surface area (Å²) in [6, 6.07) is 8.71. The third kappa shape index (κ3) is 5.09. The summed E-state index contributed by atoms with van der Waals surface area (Å²) in [5.41, 5.74) is 1.27. The van der Waals surface area contributed by atoms with Crippen LogP contribution in [0.3, 0.4) is 0 Å². The van der Waals surface area contributed by atoms with E-state index >= 15 is 0 Å². The van der Waals surface area contributed by atoms with Crippen LogP contribution in [0.4, 0.5) is 0 Å². The van der Waals surface area contributed by atoms with Gasteiger partial charge in [-0.05, 0) is 32.4 Å². The number of hydrogen-bond acceptors (Lipinski definition) is 2. The molecule has 0 fully saturated rings. The van der Waals surface area contributed by atoms with Crippen LogP contribution in [0, 0.1) is 0 Å². The number of benzene rings is 1. The first kappa shape index (κ1) is 15.0. The predicted octanol–water partition coefficient (Wildman–Crippen LogP) is 4.32. The van der Waals surface area contributed by atoms with E-state index in [1.807, 2.05) is 6.07 Å². The van der Waals surface area contributed by atoms with Crippen molar-refractivity contribution >= 4 is 0 Å². The lowest BCUT2D eigenvalue weighted by Gasteiger charge is -2.18. The average molecular weight is 249 g/mol. The Hall–Kier alpha value is -1.02. The first-order chi connectivity index (χ1) is 8.79. The maximum absolute atomic E-state index is 5.86.